The molecule has 0 saturated heterocycles. The van der Waals surface area contributed by atoms with E-state index in [1.165, 1.54) is 0 Å². The Kier molecular flexibility index (Phi) is 7.00. The van der Waals surface area contributed by atoms with Crippen molar-refractivity contribution in [3.63, 3.8) is 0 Å². The molecule has 1 unspecified atom stereocenters. The Morgan fingerprint density at radius 3 is 2.07 bits per heavy atom. The average molecular weight is 242 g/mol. The third-order valence-electron chi connectivity index (χ3n) is 3.58. The first-order chi connectivity index (χ1) is 6.45. The maximum Gasteiger partial charge on any atom is 1.00 e. The van der Waals surface area contributed by atoms with Crippen LogP contribution in [0.4, 0.5) is 0 Å². The molecule has 1 atom stereocenters. The molecule has 1 fully saturated rings. The van der Waals surface area contributed by atoms with Crippen LogP contribution in [0.25, 0.3) is 0 Å². The van der Waals surface area contributed by atoms with Gasteiger partial charge in [-0.15, -0.1) is 0 Å². The van der Waals surface area contributed by atoms with Gasteiger partial charge in [0.1, 0.15) is 0 Å². The minimum absolute atomic E-state index is 0. The molecule has 15 heavy (non-hydrogen) atoms. The van der Waals surface area contributed by atoms with Crippen LogP contribution in [0.2, 0.25) is 0 Å². The zero-order chi connectivity index (χ0) is 10.8. The van der Waals surface area contributed by atoms with Gasteiger partial charge in [-0.05, 0) is 37.5 Å². The minimum atomic E-state index is -4.03. The van der Waals surface area contributed by atoms with Crippen LogP contribution >= 0.6 is 0 Å². The Labute approximate surface area is 115 Å². The maximum atomic E-state index is 10.8. The summed E-state index contributed by atoms with van der Waals surface area (Å²) in [5.41, 5.74) is 0. The average Bonchev–Trinajstić information content (AvgIpc) is 2.15. The van der Waals surface area contributed by atoms with Crippen LogP contribution < -0.4 is 29.6 Å². The molecule has 0 aliphatic heterocycles. The summed E-state index contributed by atoms with van der Waals surface area (Å²) in [6, 6.07) is 0. The standard InChI is InChI=1S/C10H20O3S.Na/c1-3-8(2)9-4-6-10(7-5-9)14(11,12)13;/h8-10H,3-7H2,1-2H3,(H,11,12,13);/q;+1/p-1. The molecule has 0 spiro atoms. The van der Waals surface area contributed by atoms with Crippen LogP contribution in [-0.2, 0) is 10.1 Å². The summed E-state index contributed by atoms with van der Waals surface area (Å²) < 4.78 is 32.3. The van der Waals surface area contributed by atoms with Gasteiger partial charge < -0.3 is 4.55 Å². The second-order valence-corrected chi connectivity index (χ2v) is 6.07. The molecule has 0 amide bonds. The van der Waals surface area contributed by atoms with Crippen molar-refractivity contribution < 1.29 is 42.5 Å². The molecule has 0 N–H and O–H groups in total. The molecule has 0 radical (unpaired) electrons. The quantitative estimate of drug-likeness (QED) is 0.478. The van der Waals surface area contributed by atoms with Crippen molar-refractivity contribution in [1.82, 2.24) is 0 Å². The Hall–Kier alpha value is 0.910. The fourth-order valence-electron chi connectivity index (χ4n) is 2.28. The van der Waals surface area contributed by atoms with Gasteiger partial charge >= 0.3 is 29.6 Å². The molecular weight excluding hydrogens is 223 g/mol. The van der Waals surface area contributed by atoms with Gasteiger partial charge in [0, 0.05) is 5.25 Å². The molecular formula is C10H19NaO3S. The third kappa shape index (κ3) is 4.73. The summed E-state index contributed by atoms with van der Waals surface area (Å²) in [4.78, 5) is 0. The van der Waals surface area contributed by atoms with Crippen molar-refractivity contribution in [3.05, 3.63) is 0 Å². The van der Waals surface area contributed by atoms with Gasteiger partial charge in [-0.2, -0.15) is 0 Å². The summed E-state index contributed by atoms with van der Waals surface area (Å²) in [6.45, 7) is 4.36. The van der Waals surface area contributed by atoms with E-state index < -0.39 is 15.4 Å². The first kappa shape index (κ1) is 15.9. The topological polar surface area (TPSA) is 57.2 Å². The Balaban J connectivity index is 0.00000196. The van der Waals surface area contributed by atoms with E-state index in [-0.39, 0.29) is 29.6 Å². The summed E-state index contributed by atoms with van der Waals surface area (Å²) in [5.74, 6) is 1.28. The van der Waals surface area contributed by atoms with Crippen molar-refractivity contribution >= 4 is 10.1 Å². The molecule has 5 heteroatoms. The molecule has 1 aliphatic carbocycles. The Morgan fingerprint density at radius 2 is 1.73 bits per heavy atom. The van der Waals surface area contributed by atoms with E-state index in [0.29, 0.717) is 24.7 Å². The first-order valence-electron chi connectivity index (χ1n) is 5.39. The number of hydrogen-bond acceptors (Lipinski definition) is 3. The smallest absolute Gasteiger partial charge is 0.748 e. The predicted molar refractivity (Wildman–Crippen MR) is 54.9 cm³/mol. The Morgan fingerprint density at radius 1 is 1.27 bits per heavy atom. The molecule has 1 aliphatic rings. The van der Waals surface area contributed by atoms with Crippen LogP contribution in [0.3, 0.4) is 0 Å². The van der Waals surface area contributed by atoms with Gasteiger partial charge in [0.05, 0.1) is 10.1 Å². The molecule has 1 saturated carbocycles. The van der Waals surface area contributed by atoms with E-state index in [1.54, 1.807) is 0 Å². The molecule has 1 rings (SSSR count). The minimum Gasteiger partial charge on any atom is -0.748 e. The second kappa shape index (κ2) is 6.60. The SMILES string of the molecule is CCC(C)C1CCC(S(=O)(=O)[O-])CC1.[Na+]. The van der Waals surface area contributed by atoms with E-state index in [1.807, 2.05) is 0 Å². The zero-order valence-electron chi connectivity index (χ0n) is 9.90. The van der Waals surface area contributed by atoms with Crippen molar-refractivity contribution in [2.45, 2.75) is 51.2 Å². The monoisotopic (exact) mass is 242 g/mol. The van der Waals surface area contributed by atoms with Crippen LogP contribution in [0.15, 0.2) is 0 Å². The molecule has 0 aromatic rings. The van der Waals surface area contributed by atoms with Crippen LogP contribution in [0, 0.1) is 11.8 Å². The van der Waals surface area contributed by atoms with E-state index >= 15 is 0 Å². The molecule has 3 nitrogen and oxygen atoms in total. The van der Waals surface area contributed by atoms with Gasteiger partial charge in [-0.1, -0.05) is 20.3 Å². The normalized spacial score (nSPS) is 29.3. The van der Waals surface area contributed by atoms with Gasteiger partial charge in [-0.3, -0.25) is 0 Å². The van der Waals surface area contributed by atoms with Crippen LogP contribution in [0.5, 0.6) is 0 Å². The first-order valence-corrected chi connectivity index (χ1v) is 6.87. The number of hydrogen-bond donors (Lipinski definition) is 0. The Bertz CT molecular complexity index is 268. The van der Waals surface area contributed by atoms with E-state index in [9.17, 15) is 13.0 Å². The molecule has 0 heterocycles. The summed E-state index contributed by atoms with van der Waals surface area (Å²) in [5, 5.41) is -0.609. The fourth-order valence-corrected chi connectivity index (χ4v) is 3.13. The van der Waals surface area contributed by atoms with E-state index in [2.05, 4.69) is 13.8 Å². The summed E-state index contributed by atoms with van der Waals surface area (Å²) in [7, 11) is -4.03. The second-order valence-electron chi connectivity index (χ2n) is 4.42. The van der Waals surface area contributed by atoms with E-state index in [0.717, 1.165) is 19.3 Å². The fraction of sp³-hybridized carbons (Fsp3) is 1.00. The van der Waals surface area contributed by atoms with Crippen LogP contribution in [0.1, 0.15) is 46.0 Å². The van der Waals surface area contributed by atoms with E-state index in [4.69, 9.17) is 0 Å². The van der Waals surface area contributed by atoms with Gasteiger partial charge in [0.25, 0.3) is 0 Å². The summed E-state index contributed by atoms with van der Waals surface area (Å²) in [6.07, 6.45) is 4.09. The molecule has 0 bridgehead atoms. The van der Waals surface area contributed by atoms with Crippen molar-refractivity contribution in [3.8, 4) is 0 Å². The van der Waals surface area contributed by atoms with Crippen molar-refractivity contribution in [2.24, 2.45) is 11.8 Å². The maximum absolute atomic E-state index is 10.8. The van der Waals surface area contributed by atoms with Gasteiger partial charge in [0.2, 0.25) is 0 Å². The third-order valence-corrected chi connectivity index (χ3v) is 4.86. The zero-order valence-corrected chi connectivity index (χ0v) is 12.7. The van der Waals surface area contributed by atoms with Crippen molar-refractivity contribution in [1.29, 1.82) is 0 Å². The predicted octanol–water partition coefficient (Wildman–Crippen LogP) is -0.859. The molecule has 0 aromatic carbocycles. The largest absolute Gasteiger partial charge is 1.00 e. The number of rotatable bonds is 3. The molecule has 0 aromatic heterocycles. The summed E-state index contributed by atoms with van der Waals surface area (Å²) >= 11 is 0. The van der Waals surface area contributed by atoms with Gasteiger partial charge in [-0.25, -0.2) is 8.42 Å². The molecule has 84 valence electrons. The van der Waals surface area contributed by atoms with Gasteiger partial charge in [0.15, 0.2) is 0 Å². The van der Waals surface area contributed by atoms with Crippen molar-refractivity contribution in [2.75, 3.05) is 0 Å². The van der Waals surface area contributed by atoms with Crippen LogP contribution in [-0.4, -0.2) is 18.2 Å².